The number of alkyl halides is 3. The third kappa shape index (κ3) is 3.00. The van der Waals surface area contributed by atoms with Gasteiger partial charge in [-0.25, -0.2) is 9.50 Å². The van der Waals surface area contributed by atoms with Crippen LogP contribution >= 0.6 is 0 Å². The average Bonchev–Trinajstić information content (AvgIpc) is 3.40. The molecule has 0 saturated heterocycles. The van der Waals surface area contributed by atoms with Crippen LogP contribution in [0, 0.1) is 0 Å². The van der Waals surface area contributed by atoms with E-state index < -0.39 is 11.9 Å². The molecule has 0 radical (unpaired) electrons. The summed E-state index contributed by atoms with van der Waals surface area (Å²) in [5.41, 5.74) is 3.02. The van der Waals surface area contributed by atoms with Crippen LogP contribution in [0.1, 0.15) is 11.4 Å². The van der Waals surface area contributed by atoms with Crippen LogP contribution in [0.15, 0.2) is 49.2 Å². The number of nitrogens with zero attached hydrogens (tertiary/aromatic N) is 8. The minimum Gasteiger partial charge on any atom is -0.275 e. The number of aryl methyl sites for hydroxylation is 1. The van der Waals surface area contributed by atoms with E-state index in [0.717, 1.165) is 22.7 Å². The summed E-state index contributed by atoms with van der Waals surface area (Å²) in [6, 6.07) is 4.13. The van der Waals surface area contributed by atoms with Gasteiger partial charge in [0.1, 0.15) is 5.52 Å². The highest BCUT2D eigenvalue weighted by atomic mass is 19.4. The lowest BCUT2D eigenvalue weighted by molar-refractivity contribution is -0.141. The Morgan fingerprint density at radius 3 is 2.59 bits per heavy atom. The quantitative estimate of drug-likeness (QED) is 0.467. The smallest absolute Gasteiger partial charge is 0.275 e. The van der Waals surface area contributed by atoms with Gasteiger partial charge in [0.15, 0.2) is 11.3 Å². The lowest BCUT2D eigenvalue weighted by Crippen LogP contribution is -2.13. The number of rotatable bonds is 3. The molecule has 0 saturated carbocycles. The van der Waals surface area contributed by atoms with Crippen molar-refractivity contribution in [2.45, 2.75) is 12.7 Å². The SMILES string of the molecule is Cn1cc(-c2cnc3cnn(Cc4cnc5ccc(C(F)(F)F)nn45)c3c2)cn1. The summed E-state index contributed by atoms with van der Waals surface area (Å²) in [6.45, 7) is 0.192. The van der Waals surface area contributed by atoms with Crippen molar-refractivity contribution in [2.24, 2.45) is 7.05 Å². The summed E-state index contributed by atoms with van der Waals surface area (Å²) < 4.78 is 43.6. The normalized spacial score (nSPS) is 12.3. The zero-order chi connectivity index (χ0) is 20.2. The Kier molecular flexibility index (Phi) is 3.66. The summed E-state index contributed by atoms with van der Waals surface area (Å²) in [4.78, 5) is 8.55. The first-order valence-corrected chi connectivity index (χ1v) is 8.60. The largest absolute Gasteiger partial charge is 0.435 e. The van der Waals surface area contributed by atoms with Gasteiger partial charge in [0.05, 0.1) is 36.3 Å². The molecule has 0 amide bonds. The van der Waals surface area contributed by atoms with E-state index in [-0.39, 0.29) is 6.54 Å². The first kappa shape index (κ1) is 17.3. The summed E-state index contributed by atoms with van der Waals surface area (Å²) in [7, 11) is 1.83. The molecule has 0 atom stereocenters. The van der Waals surface area contributed by atoms with Crippen LogP contribution < -0.4 is 0 Å². The van der Waals surface area contributed by atoms with Gasteiger partial charge in [0.25, 0.3) is 0 Å². The molecular weight excluding hydrogens is 385 g/mol. The van der Waals surface area contributed by atoms with Gasteiger partial charge in [-0.15, -0.1) is 0 Å². The Morgan fingerprint density at radius 2 is 1.83 bits per heavy atom. The van der Waals surface area contributed by atoms with Gasteiger partial charge >= 0.3 is 6.18 Å². The maximum absolute atomic E-state index is 13.0. The van der Waals surface area contributed by atoms with Crippen LogP contribution in [0.5, 0.6) is 0 Å². The van der Waals surface area contributed by atoms with Crippen molar-refractivity contribution in [2.75, 3.05) is 0 Å². The molecule has 5 rings (SSSR count). The highest BCUT2D eigenvalue weighted by Gasteiger charge is 2.33. The van der Waals surface area contributed by atoms with Crippen molar-refractivity contribution in [1.29, 1.82) is 0 Å². The number of halogens is 3. The molecule has 0 bridgehead atoms. The molecule has 0 aliphatic carbocycles. The van der Waals surface area contributed by atoms with Crippen molar-refractivity contribution in [3.63, 3.8) is 0 Å². The molecule has 29 heavy (non-hydrogen) atoms. The highest BCUT2D eigenvalue weighted by molar-refractivity contribution is 5.80. The molecule has 8 nitrogen and oxygen atoms in total. The molecule has 0 aromatic carbocycles. The van der Waals surface area contributed by atoms with Crippen molar-refractivity contribution < 1.29 is 13.2 Å². The second-order valence-electron chi connectivity index (χ2n) is 6.57. The van der Waals surface area contributed by atoms with Gasteiger partial charge in [0, 0.05) is 30.6 Å². The summed E-state index contributed by atoms with van der Waals surface area (Å²) in [5, 5.41) is 12.2. The second-order valence-corrected chi connectivity index (χ2v) is 6.57. The Morgan fingerprint density at radius 1 is 0.966 bits per heavy atom. The fourth-order valence-electron chi connectivity index (χ4n) is 3.14. The number of pyridine rings is 1. The summed E-state index contributed by atoms with van der Waals surface area (Å²) >= 11 is 0. The van der Waals surface area contributed by atoms with E-state index in [4.69, 9.17) is 0 Å². The minimum atomic E-state index is -4.53. The van der Waals surface area contributed by atoms with Crippen LogP contribution in [-0.2, 0) is 19.8 Å². The highest BCUT2D eigenvalue weighted by Crippen LogP contribution is 2.28. The van der Waals surface area contributed by atoms with E-state index in [1.54, 1.807) is 28.0 Å². The van der Waals surface area contributed by atoms with Gasteiger partial charge in [-0.1, -0.05) is 0 Å². The molecule has 5 aromatic rings. The minimum absolute atomic E-state index is 0.192. The van der Waals surface area contributed by atoms with Crippen molar-refractivity contribution >= 4 is 16.7 Å². The predicted octanol–water partition coefficient (Wildman–Crippen LogP) is 2.94. The van der Waals surface area contributed by atoms with Crippen LogP contribution in [-0.4, -0.2) is 39.1 Å². The maximum atomic E-state index is 13.0. The van der Waals surface area contributed by atoms with Crippen molar-refractivity contribution in [3.8, 4) is 11.1 Å². The van der Waals surface area contributed by atoms with E-state index in [9.17, 15) is 13.2 Å². The van der Waals surface area contributed by atoms with Gasteiger partial charge in [0.2, 0.25) is 0 Å². The molecule has 0 spiro atoms. The molecule has 0 unspecified atom stereocenters. The molecule has 0 aliphatic rings. The number of fused-ring (bicyclic) bond motifs is 2. The molecule has 5 heterocycles. The number of imidazole rings is 1. The molecule has 5 aromatic heterocycles. The van der Waals surface area contributed by atoms with Crippen molar-refractivity contribution in [1.82, 2.24) is 39.1 Å². The molecule has 0 aliphatic heterocycles. The zero-order valence-corrected chi connectivity index (χ0v) is 15.0. The summed E-state index contributed by atoms with van der Waals surface area (Å²) in [6.07, 6.45) is 3.91. The average molecular weight is 398 g/mol. The number of aromatic nitrogens is 8. The van der Waals surface area contributed by atoms with E-state index in [2.05, 4.69) is 25.3 Å². The molecule has 11 heteroatoms. The first-order chi connectivity index (χ1) is 13.9. The Bertz CT molecular complexity index is 1340. The van der Waals surface area contributed by atoms with E-state index in [1.165, 1.54) is 16.8 Å². The monoisotopic (exact) mass is 398 g/mol. The lowest BCUT2D eigenvalue weighted by Gasteiger charge is -2.08. The first-order valence-electron chi connectivity index (χ1n) is 8.60. The molecular formula is C18H13F3N8. The predicted molar refractivity (Wildman–Crippen MR) is 96.8 cm³/mol. The fraction of sp³-hybridized carbons (Fsp3) is 0.167. The van der Waals surface area contributed by atoms with E-state index in [0.29, 0.717) is 16.9 Å². The second kappa shape index (κ2) is 6.12. The van der Waals surface area contributed by atoms with E-state index >= 15 is 0 Å². The molecule has 0 N–H and O–H groups in total. The lowest BCUT2D eigenvalue weighted by atomic mass is 10.1. The van der Waals surface area contributed by atoms with Gasteiger partial charge in [-0.05, 0) is 18.2 Å². The number of hydrogen-bond donors (Lipinski definition) is 0. The Balaban J connectivity index is 1.56. The third-order valence-electron chi connectivity index (χ3n) is 4.57. The number of hydrogen-bond acceptors (Lipinski definition) is 5. The molecule has 0 fully saturated rings. The van der Waals surface area contributed by atoms with Gasteiger partial charge in [-0.3, -0.25) is 14.3 Å². The third-order valence-corrected chi connectivity index (χ3v) is 4.57. The zero-order valence-electron chi connectivity index (χ0n) is 15.0. The van der Waals surface area contributed by atoms with E-state index in [1.807, 2.05) is 19.3 Å². The van der Waals surface area contributed by atoms with Gasteiger partial charge < -0.3 is 0 Å². The maximum Gasteiger partial charge on any atom is 0.435 e. The Labute approximate surface area is 161 Å². The van der Waals surface area contributed by atoms with Crippen molar-refractivity contribution in [3.05, 3.63) is 60.6 Å². The standard InChI is InChI=1S/C18H13F3N8/c1-27-9-12(6-24-27)11-4-15-14(22-5-11)8-25-28(15)10-13-7-23-17-3-2-16(18(19,20)21)26-29(13)17/h2-9H,10H2,1H3. The Hall–Kier alpha value is -3.76. The molecule has 146 valence electrons. The van der Waals surface area contributed by atoms with Crippen LogP contribution in [0.4, 0.5) is 13.2 Å². The van der Waals surface area contributed by atoms with Gasteiger partial charge in [-0.2, -0.15) is 28.5 Å². The van der Waals surface area contributed by atoms with Crippen LogP contribution in [0.2, 0.25) is 0 Å². The van der Waals surface area contributed by atoms with Crippen LogP contribution in [0.3, 0.4) is 0 Å². The fourth-order valence-corrected chi connectivity index (χ4v) is 3.14. The van der Waals surface area contributed by atoms with Crippen LogP contribution in [0.25, 0.3) is 27.8 Å². The topological polar surface area (TPSA) is 78.7 Å². The summed E-state index contributed by atoms with van der Waals surface area (Å²) in [5.74, 6) is 0.